The molecule has 0 aliphatic heterocycles. The van der Waals surface area contributed by atoms with E-state index in [2.05, 4.69) is 28.3 Å². The van der Waals surface area contributed by atoms with Crippen molar-refractivity contribution in [1.82, 2.24) is 5.32 Å². The molecule has 0 spiro atoms. The van der Waals surface area contributed by atoms with Crippen LogP contribution in [-0.2, 0) is 0 Å². The van der Waals surface area contributed by atoms with Crippen molar-refractivity contribution < 1.29 is 4.74 Å². The second-order valence-corrected chi connectivity index (χ2v) is 5.59. The summed E-state index contributed by atoms with van der Waals surface area (Å²) >= 11 is 3.41. The van der Waals surface area contributed by atoms with Gasteiger partial charge in [0, 0.05) is 10.5 Å². The van der Waals surface area contributed by atoms with E-state index in [-0.39, 0.29) is 0 Å². The average molecular weight is 298 g/mol. The lowest BCUT2D eigenvalue weighted by Crippen LogP contribution is -2.27. The lowest BCUT2D eigenvalue weighted by Gasteiger charge is -2.15. The summed E-state index contributed by atoms with van der Waals surface area (Å²) in [4.78, 5) is 0. The van der Waals surface area contributed by atoms with Crippen LogP contribution in [0.3, 0.4) is 0 Å². The number of hydrogen-bond acceptors (Lipinski definition) is 2. The van der Waals surface area contributed by atoms with Crippen LogP contribution in [-0.4, -0.2) is 19.7 Å². The summed E-state index contributed by atoms with van der Waals surface area (Å²) in [5, 5.41) is 3.41. The molecule has 2 rings (SSSR count). The molecule has 0 radical (unpaired) electrons. The van der Waals surface area contributed by atoms with E-state index >= 15 is 0 Å². The van der Waals surface area contributed by atoms with Crippen molar-refractivity contribution in [3.63, 3.8) is 0 Å². The summed E-state index contributed by atoms with van der Waals surface area (Å²) in [6.45, 7) is 0.812. The molecule has 0 amide bonds. The molecule has 0 aromatic heterocycles. The summed E-state index contributed by atoms with van der Waals surface area (Å²) in [6.07, 6.45) is 5.15. The fourth-order valence-corrected chi connectivity index (χ4v) is 2.40. The molecule has 1 aromatic carbocycles. The number of benzene rings is 1. The molecular weight excluding hydrogens is 278 g/mol. The summed E-state index contributed by atoms with van der Waals surface area (Å²) < 4.78 is 6.80. The van der Waals surface area contributed by atoms with Crippen molar-refractivity contribution in [1.29, 1.82) is 0 Å². The van der Waals surface area contributed by atoms with Crippen molar-refractivity contribution >= 4 is 15.9 Å². The first kappa shape index (κ1) is 12.9. The molecule has 1 saturated carbocycles. The van der Waals surface area contributed by atoms with Crippen molar-refractivity contribution in [2.24, 2.45) is 5.92 Å². The smallest absolute Gasteiger partial charge is 0.119 e. The molecule has 1 atom stereocenters. The van der Waals surface area contributed by atoms with Crippen molar-refractivity contribution in [3.05, 3.63) is 28.7 Å². The maximum Gasteiger partial charge on any atom is 0.119 e. The predicted octanol–water partition coefficient (Wildman–Crippen LogP) is 3.61. The van der Waals surface area contributed by atoms with E-state index in [0.717, 1.165) is 29.2 Å². The Morgan fingerprint density at radius 1 is 1.35 bits per heavy atom. The Kier molecular flexibility index (Phi) is 4.86. The second kappa shape index (κ2) is 6.41. The molecule has 17 heavy (non-hydrogen) atoms. The topological polar surface area (TPSA) is 21.3 Å². The third-order valence-electron chi connectivity index (χ3n) is 3.30. The van der Waals surface area contributed by atoms with E-state index < -0.39 is 0 Å². The largest absolute Gasteiger partial charge is 0.494 e. The summed E-state index contributed by atoms with van der Waals surface area (Å²) in [7, 11) is 2.07. The standard InChI is InChI=1S/C14H20BrNO/c1-16-14(11-4-5-11)3-2-10-17-13-8-6-12(15)7-9-13/h6-9,11,14,16H,2-5,10H2,1H3. The maximum atomic E-state index is 5.71. The fraction of sp³-hybridized carbons (Fsp3) is 0.571. The third-order valence-corrected chi connectivity index (χ3v) is 3.83. The van der Waals surface area contributed by atoms with Gasteiger partial charge in [0.1, 0.15) is 5.75 Å². The van der Waals surface area contributed by atoms with E-state index in [0.29, 0.717) is 6.04 Å². The first-order valence-electron chi connectivity index (χ1n) is 6.35. The Bertz CT molecular complexity index is 335. The lowest BCUT2D eigenvalue weighted by molar-refractivity contribution is 0.293. The highest BCUT2D eigenvalue weighted by molar-refractivity contribution is 9.10. The van der Waals surface area contributed by atoms with Crippen LogP contribution in [0.25, 0.3) is 0 Å². The molecule has 0 saturated heterocycles. The van der Waals surface area contributed by atoms with Gasteiger partial charge in [-0.15, -0.1) is 0 Å². The zero-order valence-corrected chi connectivity index (χ0v) is 11.9. The zero-order chi connectivity index (χ0) is 12.1. The average Bonchev–Trinajstić information content (AvgIpc) is 3.16. The SMILES string of the molecule is CNC(CCCOc1ccc(Br)cc1)C1CC1. The van der Waals surface area contributed by atoms with Crippen molar-refractivity contribution in [2.45, 2.75) is 31.7 Å². The van der Waals surface area contributed by atoms with Crippen molar-refractivity contribution in [2.75, 3.05) is 13.7 Å². The van der Waals surface area contributed by atoms with Crippen LogP contribution in [0.4, 0.5) is 0 Å². The molecule has 1 aromatic rings. The molecule has 2 nitrogen and oxygen atoms in total. The zero-order valence-electron chi connectivity index (χ0n) is 10.3. The molecule has 1 aliphatic carbocycles. The fourth-order valence-electron chi connectivity index (χ4n) is 2.14. The minimum Gasteiger partial charge on any atom is -0.494 e. The summed E-state index contributed by atoms with van der Waals surface area (Å²) in [5.74, 6) is 1.88. The van der Waals surface area contributed by atoms with Gasteiger partial charge in [-0.3, -0.25) is 0 Å². The third kappa shape index (κ3) is 4.32. The summed E-state index contributed by atoms with van der Waals surface area (Å²) in [5.41, 5.74) is 0. The van der Waals surface area contributed by atoms with Crippen LogP contribution < -0.4 is 10.1 Å². The minimum absolute atomic E-state index is 0.698. The van der Waals surface area contributed by atoms with E-state index in [1.165, 1.54) is 19.3 Å². The summed E-state index contributed by atoms with van der Waals surface area (Å²) in [6, 6.07) is 8.72. The Labute approximate surface area is 112 Å². The molecule has 3 heteroatoms. The van der Waals surface area contributed by atoms with Crippen LogP contribution in [0.2, 0.25) is 0 Å². The number of rotatable bonds is 7. The number of halogens is 1. The Morgan fingerprint density at radius 2 is 2.06 bits per heavy atom. The lowest BCUT2D eigenvalue weighted by atomic mass is 10.1. The minimum atomic E-state index is 0.698. The molecule has 94 valence electrons. The van der Waals surface area contributed by atoms with Gasteiger partial charge in [0.2, 0.25) is 0 Å². The van der Waals surface area contributed by atoms with E-state index in [9.17, 15) is 0 Å². The highest BCUT2D eigenvalue weighted by atomic mass is 79.9. The van der Waals surface area contributed by atoms with E-state index in [4.69, 9.17) is 4.74 Å². The van der Waals surface area contributed by atoms with Gasteiger partial charge in [-0.1, -0.05) is 15.9 Å². The van der Waals surface area contributed by atoms with Crippen LogP contribution >= 0.6 is 15.9 Å². The maximum absolute atomic E-state index is 5.71. The van der Waals surface area contributed by atoms with Crippen LogP contribution in [0, 0.1) is 5.92 Å². The van der Waals surface area contributed by atoms with Gasteiger partial charge in [0.15, 0.2) is 0 Å². The quantitative estimate of drug-likeness (QED) is 0.777. The monoisotopic (exact) mass is 297 g/mol. The number of hydrogen-bond donors (Lipinski definition) is 1. The highest BCUT2D eigenvalue weighted by Gasteiger charge is 2.29. The van der Waals surface area contributed by atoms with Crippen LogP contribution in [0.5, 0.6) is 5.75 Å². The van der Waals surface area contributed by atoms with E-state index in [1.54, 1.807) is 0 Å². The van der Waals surface area contributed by atoms with Gasteiger partial charge in [0.25, 0.3) is 0 Å². The number of ether oxygens (including phenoxy) is 1. The van der Waals surface area contributed by atoms with Gasteiger partial charge in [-0.2, -0.15) is 0 Å². The first-order chi connectivity index (χ1) is 8.29. The Morgan fingerprint density at radius 3 is 2.65 bits per heavy atom. The van der Waals surface area contributed by atoms with Crippen LogP contribution in [0.1, 0.15) is 25.7 Å². The molecule has 0 bridgehead atoms. The second-order valence-electron chi connectivity index (χ2n) is 4.68. The van der Waals surface area contributed by atoms with E-state index in [1.807, 2.05) is 24.3 Å². The molecule has 1 aliphatic rings. The van der Waals surface area contributed by atoms with Crippen molar-refractivity contribution in [3.8, 4) is 5.75 Å². The Hall–Kier alpha value is -0.540. The van der Waals surface area contributed by atoms with Gasteiger partial charge in [-0.05, 0) is 62.9 Å². The molecule has 1 unspecified atom stereocenters. The van der Waals surface area contributed by atoms with Gasteiger partial charge in [0.05, 0.1) is 6.61 Å². The van der Waals surface area contributed by atoms with Gasteiger partial charge >= 0.3 is 0 Å². The highest BCUT2D eigenvalue weighted by Crippen LogP contribution is 2.34. The predicted molar refractivity (Wildman–Crippen MR) is 74.4 cm³/mol. The molecule has 1 fully saturated rings. The number of nitrogens with one attached hydrogen (secondary N) is 1. The molecular formula is C14H20BrNO. The van der Waals surface area contributed by atoms with Gasteiger partial charge < -0.3 is 10.1 Å². The Balaban J connectivity index is 1.63. The van der Waals surface area contributed by atoms with Gasteiger partial charge in [-0.25, -0.2) is 0 Å². The normalized spacial score (nSPS) is 16.8. The molecule has 0 heterocycles. The molecule has 1 N–H and O–H groups in total. The first-order valence-corrected chi connectivity index (χ1v) is 7.14. The van der Waals surface area contributed by atoms with Crippen LogP contribution in [0.15, 0.2) is 28.7 Å².